The minimum Gasteiger partial charge on any atom is -0.464 e. The molecule has 172 valence electrons. The highest BCUT2D eigenvalue weighted by molar-refractivity contribution is 7.92. The number of nitrogens with one attached hydrogen (secondary N) is 2. The number of sulfonamides is 1. The molecule has 1 aliphatic rings. The lowest BCUT2D eigenvalue weighted by Gasteiger charge is -2.35. The van der Waals surface area contributed by atoms with Gasteiger partial charge in [-0.1, -0.05) is 31.4 Å². The maximum atomic E-state index is 12.9. The van der Waals surface area contributed by atoms with Gasteiger partial charge in [-0.3, -0.25) is 9.52 Å². The number of ether oxygens (including phenoxy) is 1. The molecule has 0 saturated heterocycles. The molecule has 2 aromatic rings. The van der Waals surface area contributed by atoms with Crippen LogP contribution in [0.3, 0.4) is 0 Å². The number of carbonyl (C=O) groups excluding carboxylic acids is 2. The van der Waals surface area contributed by atoms with E-state index < -0.39 is 21.5 Å². The van der Waals surface area contributed by atoms with Crippen LogP contribution in [0.25, 0.3) is 0 Å². The Balaban J connectivity index is 1.75. The van der Waals surface area contributed by atoms with Crippen molar-refractivity contribution in [1.29, 1.82) is 0 Å². The molecular formula is C24H30N2O5S. The molecule has 0 aromatic heterocycles. The van der Waals surface area contributed by atoms with Crippen molar-refractivity contribution < 1.29 is 22.7 Å². The lowest BCUT2D eigenvalue weighted by atomic mass is 9.81. The van der Waals surface area contributed by atoms with E-state index in [0.717, 1.165) is 24.8 Å². The van der Waals surface area contributed by atoms with Crippen LogP contribution in [-0.4, -0.2) is 32.4 Å². The minimum absolute atomic E-state index is 0.216. The number of amides is 1. The fraction of sp³-hybridized carbons (Fsp3) is 0.417. The van der Waals surface area contributed by atoms with Gasteiger partial charge < -0.3 is 10.1 Å². The Kier molecular flexibility index (Phi) is 7.23. The predicted molar refractivity (Wildman–Crippen MR) is 123 cm³/mol. The van der Waals surface area contributed by atoms with Crippen LogP contribution in [0.2, 0.25) is 0 Å². The van der Waals surface area contributed by atoms with E-state index in [4.69, 9.17) is 4.74 Å². The highest BCUT2D eigenvalue weighted by Gasteiger charge is 2.42. The highest BCUT2D eigenvalue weighted by Crippen LogP contribution is 2.30. The van der Waals surface area contributed by atoms with Gasteiger partial charge in [-0.05, 0) is 75.1 Å². The molecule has 8 heteroatoms. The lowest BCUT2D eigenvalue weighted by molar-refractivity contribution is -0.152. The van der Waals surface area contributed by atoms with E-state index in [2.05, 4.69) is 10.0 Å². The summed E-state index contributed by atoms with van der Waals surface area (Å²) in [5.41, 5.74) is 1.18. The second kappa shape index (κ2) is 9.73. The van der Waals surface area contributed by atoms with Crippen molar-refractivity contribution in [3.63, 3.8) is 0 Å². The van der Waals surface area contributed by atoms with Crippen molar-refractivity contribution in [3.05, 3.63) is 59.2 Å². The van der Waals surface area contributed by atoms with Crippen molar-refractivity contribution in [1.82, 2.24) is 5.32 Å². The second-order valence-electron chi connectivity index (χ2n) is 8.27. The molecule has 0 unspecified atom stereocenters. The van der Waals surface area contributed by atoms with Crippen LogP contribution < -0.4 is 10.0 Å². The zero-order valence-corrected chi connectivity index (χ0v) is 19.6. The molecule has 3 rings (SSSR count). The van der Waals surface area contributed by atoms with Gasteiger partial charge in [-0.2, -0.15) is 0 Å². The molecule has 0 spiro atoms. The van der Waals surface area contributed by atoms with E-state index in [1.807, 2.05) is 13.0 Å². The Labute approximate surface area is 189 Å². The number of hydrogen-bond acceptors (Lipinski definition) is 5. The molecule has 1 saturated carbocycles. The molecule has 0 aliphatic heterocycles. The van der Waals surface area contributed by atoms with Gasteiger partial charge in [-0.15, -0.1) is 0 Å². The number of rotatable bonds is 7. The average molecular weight is 459 g/mol. The lowest BCUT2D eigenvalue weighted by Crippen LogP contribution is -2.56. The zero-order chi connectivity index (χ0) is 23.4. The first kappa shape index (κ1) is 23.8. The Morgan fingerprint density at radius 3 is 2.28 bits per heavy atom. The summed E-state index contributed by atoms with van der Waals surface area (Å²) in [5, 5.41) is 2.89. The third-order valence-electron chi connectivity index (χ3n) is 5.76. The largest absolute Gasteiger partial charge is 0.464 e. The molecule has 2 N–H and O–H groups in total. The van der Waals surface area contributed by atoms with Crippen LogP contribution in [0.1, 0.15) is 60.5 Å². The number of benzene rings is 2. The van der Waals surface area contributed by atoms with Crippen LogP contribution in [0.4, 0.5) is 5.69 Å². The summed E-state index contributed by atoms with van der Waals surface area (Å²) in [7, 11) is -3.76. The van der Waals surface area contributed by atoms with Crippen molar-refractivity contribution in [3.8, 4) is 0 Å². The van der Waals surface area contributed by atoms with Crippen LogP contribution in [-0.2, 0) is 19.6 Å². The summed E-state index contributed by atoms with van der Waals surface area (Å²) >= 11 is 0. The summed E-state index contributed by atoms with van der Waals surface area (Å²) in [6.07, 6.45) is 3.80. The standard InChI is InChI=1S/C24H30N2O5S/c1-4-31-23(28)24(14-6-5-7-15-24)25-22(27)19-10-12-20(13-11-19)26-32(29,30)21-16-17(2)8-9-18(21)3/h8-13,16,26H,4-7,14-15H2,1-3H3,(H,25,27). The normalized spacial score (nSPS) is 15.6. The van der Waals surface area contributed by atoms with E-state index in [1.54, 1.807) is 26.0 Å². The molecule has 1 aliphatic carbocycles. The summed E-state index contributed by atoms with van der Waals surface area (Å²) in [6.45, 7) is 5.58. The topological polar surface area (TPSA) is 102 Å². The van der Waals surface area contributed by atoms with E-state index in [0.29, 0.717) is 29.7 Å². The molecule has 0 heterocycles. The Bertz CT molecular complexity index is 1090. The molecule has 32 heavy (non-hydrogen) atoms. The number of esters is 1. The van der Waals surface area contributed by atoms with Crippen molar-refractivity contribution >= 4 is 27.6 Å². The number of aryl methyl sites for hydroxylation is 2. The maximum absolute atomic E-state index is 12.9. The quantitative estimate of drug-likeness (QED) is 0.608. The van der Waals surface area contributed by atoms with E-state index >= 15 is 0 Å². The zero-order valence-electron chi connectivity index (χ0n) is 18.7. The fourth-order valence-corrected chi connectivity index (χ4v) is 5.38. The SMILES string of the molecule is CCOC(=O)C1(NC(=O)c2ccc(NS(=O)(=O)c3cc(C)ccc3C)cc2)CCCCC1. The molecule has 0 bridgehead atoms. The first-order valence-electron chi connectivity index (χ1n) is 10.9. The number of anilines is 1. The van der Waals surface area contributed by atoms with Gasteiger partial charge in [0.15, 0.2) is 0 Å². The first-order valence-corrected chi connectivity index (χ1v) is 12.3. The highest BCUT2D eigenvalue weighted by atomic mass is 32.2. The summed E-state index contributed by atoms with van der Waals surface area (Å²) < 4.78 is 33.4. The molecule has 7 nitrogen and oxygen atoms in total. The van der Waals surface area contributed by atoms with Crippen molar-refractivity contribution in [2.24, 2.45) is 0 Å². The van der Waals surface area contributed by atoms with Crippen molar-refractivity contribution in [2.45, 2.75) is 63.3 Å². The smallest absolute Gasteiger partial charge is 0.331 e. The summed E-state index contributed by atoms with van der Waals surface area (Å²) in [6, 6.07) is 11.4. The van der Waals surface area contributed by atoms with Gasteiger partial charge in [0.05, 0.1) is 11.5 Å². The molecular weight excluding hydrogens is 428 g/mol. The average Bonchev–Trinajstić information content (AvgIpc) is 2.76. The fourth-order valence-electron chi connectivity index (χ4n) is 3.99. The van der Waals surface area contributed by atoms with E-state index in [1.165, 1.54) is 24.3 Å². The predicted octanol–water partition coefficient (Wildman–Crippen LogP) is 4.10. The molecule has 1 fully saturated rings. The number of hydrogen-bond donors (Lipinski definition) is 2. The van der Waals surface area contributed by atoms with Gasteiger partial charge >= 0.3 is 5.97 Å². The monoisotopic (exact) mass is 458 g/mol. The third kappa shape index (κ3) is 5.30. The van der Waals surface area contributed by atoms with Crippen LogP contribution in [0.15, 0.2) is 47.4 Å². The van der Waals surface area contributed by atoms with E-state index in [-0.39, 0.29) is 17.4 Å². The van der Waals surface area contributed by atoms with Crippen LogP contribution in [0.5, 0.6) is 0 Å². The van der Waals surface area contributed by atoms with Gasteiger partial charge in [0, 0.05) is 11.3 Å². The molecule has 0 radical (unpaired) electrons. The second-order valence-corrected chi connectivity index (χ2v) is 9.92. The summed E-state index contributed by atoms with van der Waals surface area (Å²) in [4.78, 5) is 25.7. The van der Waals surface area contributed by atoms with Gasteiger partial charge in [0.25, 0.3) is 15.9 Å². The molecule has 2 aromatic carbocycles. The van der Waals surface area contributed by atoms with Crippen molar-refractivity contribution in [2.75, 3.05) is 11.3 Å². The Morgan fingerprint density at radius 2 is 1.66 bits per heavy atom. The van der Waals surface area contributed by atoms with Crippen LogP contribution >= 0.6 is 0 Å². The number of carbonyl (C=O) groups is 2. The molecule has 0 atom stereocenters. The molecule has 1 amide bonds. The van der Waals surface area contributed by atoms with E-state index in [9.17, 15) is 18.0 Å². The van der Waals surface area contributed by atoms with Crippen LogP contribution in [0, 0.1) is 13.8 Å². The summed E-state index contributed by atoms with van der Waals surface area (Å²) in [5.74, 6) is -0.783. The minimum atomic E-state index is -3.76. The Hall–Kier alpha value is -2.87. The third-order valence-corrected chi connectivity index (χ3v) is 7.28. The first-order chi connectivity index (χ1) is 15.2. The van der Waals surface area contributed by atoms with Gasteiger partial charge in [0.1, 0.15) is 5.54 Å². The maximum Gasteiger partial charge on any atom is 0.331 e. The van der Waals surface area contributed by atoms with Gasteiger partial charge in [0.2, 0.25) is 0 Å². The Morgan fingerprint density at radius 1 is 1.00 bits per heavy atom. The van der Waals surface area contributed by atoms with Gasteiger partial charge in [-0.25, -0.2) is 13.2 Å².